The van der Waals surface area contributed by atoms with Gasteiger partial charge in [0.2, 0.25) is 5.91 Å². The van der Waals surface area contributed by atoms with Crippen LogP contribution in [0.4, 0.5) is 4.79 Å². The van der Waals surface area contributed by atoms with Gasteiger partial charge in [-0.2, -0.15) is 11.8 Å². The monoisotopic (exact) mass is 289 g/mol. The number of hydrogen-bond acceptors (Lipinski definition) is 6. The molecule has 0 aliphatic heterocycles. The molecule has 0 aromatic heterocycles. The lowest BCUT2D eigenvalue weighted by atomic mass is 10.1. The number of carbonyl (C=O) groups is 3. The first-order chi connectivity index (χ1) is 9.01. The maximum atomic E-state index is 11.4. The third-order valence-corrected chi connectivity index (χ3v) is 4.15. The van der Waals surface area contributed by atoms with Crippen LogP contribution in [0.25, 0.3) is 0 Å². The number of thioether (sulfide) groups is 1. The molecule has 0 radical (unpaired) electrons. The van der Waals surface area contributed by atoms with Gasteiger partial charge < -0.3 is 9.47 Å². The van der Waals surface area contributed by atoms with Crippen molar-refractivity contribution in [3.63, 3.8) is 0 Å². The Labute approximate surface area is 116 Å². The maximum absolute atomic E-state index is 11.4. The van der Waals surface area contributed by atoms with E-state index >= 15 is 0 Å². The van der Waals surface area contributed by atoms with Gasteiger partial charge in [0, 0.05) is 0 Å². The van der Waals surface area contributed by atoms with Crippen molar-refractivity contribution >= 4 is 29.7 Å². The van der Waals surface area contributed by atoms with Crippen LogP contribution in [0.2, 0.25) is 0 Å². The van der Waals surface area contributed by atoms with Crippen LogP contribution in [0.1, 0.15) is 26.2 Å². The Morgan fingerprint density at radius 3 is 2.53 bits per heavy atom. The van der Waals surface area contributed by atoms with Crippen molar-refractivity contribution in [2.75, 3.05) is 25.2 Å². The molecule has 6 nitrogen and oxygen atoms in total. The van der Waals surface area contributed by atoms with E-state index in [4.69, 9.17) is 0 Å². The Morgan fingerprint density at radius 1 is 1.32 bits per heavy atom. The minimum Gasteiger partial charge on any atom is -0.469 e. The quantitative estimate of drug-likeness (QED) is 0.712. The van der Waals surface area contributed by atoms with Crippen LogP contribution in [-0.4, -0.2) is 43.2 Å². The molecule has 1 N–H and O–H groups in total. The molecule has 0 unspecified atom stereocenters. The number of hydrogen-bond donors (Lipinski definition) is 1. The average Bonchev–Trinajstić information content (AvgIpc) is 3.09. The van der Waals surface area contributed by atoms with Crippen LogP contribution in [0.3, 0.4) is 0 Å². The summed E-state index contributed by atoms with van der Waals surface area (Å²) in [6.45, 7) is 1.90. The van der Waals surface area contributed by atoms with Crippen LogP contribution in [0.15, 0.2) is 0 Å². The molecule has 7 heteroatoms. The highest BCUT2D eigenvalue weighted by Gasteiger charge is 2.44. The highest BCUT2D eigenvalue weighted by Crippen LogP contribution is 2.51. The van der Waals surface area contributed by atoms with Gasteiger partial charge >= 0.3 is 12.1 Å². The van der Waals surface area contributed by atoms with E-state index in [-0.39, 0.29) is 29.7 Å². The first-order valence-corrected chi connectivity index (χ1v) is 7.28. The predicted molar refractivity (Wildman–Crippen MR) is 70.8 cm³/mol. The zero-order valence-electron chi connectivity index (χ0n) is 11.2. The molecule has 1 saturated carbocycles. The first kappa shape index (κ1) is 15.8. The smallest absolute Gasteiger partial charge is 0.413 e. The molecule has 0 saturated heterocycles. The summed E-state index contributed by atoms with van der Waals surface area (Å²) in [6.07, 6.45) is 1.64. The summed E-state index contributed by atoms with van der Waals surface area (Å²) >= 11 is 1.42. The normalized spacial score (nSPS) is 15.5. The van der Waals surface area contributed by atoms with Crippen molar-refractivity contribution in [3.05, 3.63) is 0 Å². The highest BCUT2D eigenvalue weighted by molar-refractivity contribution is 8.00. The molecular weight excluding hydrogens is 270 g/mol. The average molecular weight is 289 g/mol. The Balaban J connectivity index is 2.18. The van der Waals surface area contributed by atoms with Gasteiger partial charge in [-0.15, -0.1) is 0 Å². The van der Waals surface area contributed by atoms with E-state index in [0.717, 1.165) is 18.6 Å². The van der Waals surface area contributed by atoms with Gasteiger partial charge in [-0.05, 0) is 30.9 Å². The van der Waals surface area contributed by atoms with E-state index in [1.807, 2.05) is 0 Å². The second-order valence-corrected chi connectivity index (χ2v) is 5.50. The number of alkyl carbamates (subject to hydrolysis) is 1. The minimum absolute atomic E-state index is 0.0119. The second-order valence-electron chi connectivity index (χ2n) is 4.51. The largest absolute Gasteiger partial charge is 0.469 e. The summed E-state index contributed by atoms with van der Waals surface area (Å²) in [4.78, 5) is 33.6. The van der Waals surface area contributed by atoms with Crippen LogP contribution in [-0.2, 0) is 19.1 Å². The Hall–Kier alpha value is -1.24. The van der Waals surface area contributed by atoms with Gasteiger partial charge in [0.15, 0.2) is 0 Å². The minimum atomic E-state index is -0.719. The molecule has 1 aliphatic carbocycles. The molecule has 1 rings (SSSR count). The molecule has 2 amide bonds. The Morgan fingerprint density at radius 2 is 2.00 bits per heavy atom. The third-order valence-electron chi connectivity index (χ3n) is 2.86. The summed E-state index contributed by atoms with van der Waals surface area (Å²) in [7, 11) is 1.37. The molecule has 19 heavy (non-hydrogen) atoms. The number of imide groups is 1. The van der Waals surface area contributed by atoms with Gasteiger partial charge in [-0.3, -0.25) is 14.9 Å². The number of amides is 2. The van der Waals surface area contributed by atoms with E-state index in [1.165, 1.54) is 18.9 Å². The van der Waals surface area contributed by atoms with E-state index < -0.39 is 6.09 Å². The van der Waals surface area contributed by atoms with E-state index in [0.29, 0.717) is 6.42 Å². The van der Waals surface area contributed by atoms with Crippen molar-refractivity contribution in [1.82, 2.24) is 5.32 Å². The van der Waals surface area contributed by atoms with Gasteiger partial charge in [-0.1, -0.05) is 0 Å². The fraction of sp³-hybridized carbons (Fsp3) is 0.750. The Kier molecular flexibility index (Phi) is 6.14. The SMILES string of the molecule is CCOC(=O)NC(=O)CSCC1(CC(=O)OC)CC1. The summed E-state index contributed by atoms with van der Waals surface area (Å²) in [5.41, 5.74) is -0.0119. The van der Waals surface area contributed by atoms with E-state index in [9.17, 15) is 14.4 Å². The van der Waals surface area contributed by atoms with Crippen LogP contribution in [0.5, 0.6) is 0 Å². The number of carbonyl (C=O) groups excluding carboxylic acids is 3. The molecule has 0 heterocycles. The van der Waals surface area contributed by atoms with Gasteiger partial charge in [0.1, 0.15) is 0 Å². The maximum Gasteiger partial charge on any atom is 0.413 e. The van der Waals surface area contributed by atoms with Crippen molar-refractivity contribution in [2.45, 2.75) is 26.2 Å². The summed E-state index contributed by atoms with van der Waals surface area (Å²) in [6, 6.07) is 0. The third kappa shape index (κ3) is 5.96. The standard InChI is InChI=1S/C12H19NO5S/c1-3-18-11(16)13-9(14)7-19-8-12(4-5-12)6-10(15)17-2/h3-8H2,1-2H3,(H,13,14,16). The van der Waals surface area contributed by atoms with Crippen molar-refractivity contribution in [3.8, 4) is 0 Å². The number of esters is 1. The number of ether oxygens (including phenoxy) is 2. The fourth-order valence-corrected chi connectivity index (χ4v) is 2.79. The Bertz CT molecular complexity index is 354. The molecule has 0 aromatic carbocycles. The number of methoxy groups -OCH3 is 1. The summed E-state index contributed by atoms with van der Waals surface area (Å²) < 4.78 is 9.24. The first-order valence-electron chi connectivity index (χ1n) is 6.12. The molecule has 1 fully saturated rings. The van der Waals surface area contributed by atoms with E-state index in [2.05, 4.69) is 14.8 Å². The van der Waals surface area contributed by atoms with Crippen LogP contribution < -0.4 is 5.32 Å². The zero-order valence-corrected chi connectivity index (χ0v) is 12.0. The summed E-state index contributed by atoms with van der Waals surface area (Å²) in [5, 5.41) is 2.13. The van der Waals surface area contributed by atoms with Gasteiger partial charge in [-0.25, -0.2) is 4.79 Å². The lowest BCUT2D eigenvalue weighted by Crippen LogP contribution is -2.32. The van der Waals surface area contributed by atoms with Gasteiger partial charge in [0.05, 0.1) is 25.9 Å². The predicted octanol–water partition coefficient (Wildman–Crippen LogP) is 1.34. The number of nitrogens with one attached hydrogen (secondary N) is 1. The van der Waals surface area contributed by atoms with Crippen molar-refractivity contribution in [1.29, 1.82) is 0 Å². The van der Waals surface area contributed by atoms with Crippen molar-refractivity contribution in [2.24, 2.45) is 5.41 Å². The summed E-state index contributed by atoms with van der Waals surface area (Å²) in [5.74, 6) is 0.312. The molecule has 0 bridgehead atoms. The molecule has 0 atom stereocenters. The van der Waals surface area contributed by atoms with Crippen molar-refractivity contribution < 1.29 is 23.9 Å². The van der Waals surface area contributed by atoms with Gasteiger partial charge in [0.25, 0.3) is 0 Å². The molecule has 0 spiro atoms. The number of rotatable bonds is 7. The van der Waals surface area contributed by atoms with Crippen LogP contribution >= 0.6 is 11.8 Å². The van der Waals surface area contributed by atoms with E-state index in [1.54, 1.807) is 6.92 Å². The molecule has 0 aromatic rings. The van der Waals surface area contributed by atoms with Crippen LogP contribution in [0, 0.1) is 5.41 Å². The zero-order chi connectivity index (χ0) is 14.3. The topological polar surface area (TPSA) is 81.7 Å². The molecule has 1 aliphatic rings. The highest BCUT2D eigenvalue weighted by atomic mass is 32.2. The lowest BCUT2D eigenvalue weighted by Gasteiger charge is -2.12. The fourth-order valence-electron chi connectivity index (χ4n) is 1.60. The molecule has 108 valence electrons. The molecular formula is C12H19NO5S. The lowest BCUT2D eigenvalue weighted by molar-refractivity contribution is -0.141. The second kappa shape index (κ2) is 7.37.